The van der Waals surface area contributed by atoms with Crippen LogP contribution in [0.5, 0.6) is 0 Å². The highest BCUT2D eigenvalue weighted by Gasteiger charge is 2.30. The predicted molar refractivity (Wildman–Crippen MR) is 122 cm³/mol. The molecule has 0 bridgehead atoms. The molecule has 2 aromatic carbocycles. The van der Waals surface area contributed by atoms with Gasteiger partial charge in [-0.3, -0.25) is 4.90 Å². The molecule has 0 atom stereocenters. The third-order valence-electron chi connectivity index (χ3n) is 6.50. The Labute approximate surface area is 193 Å². The van der Waals surface area contributed by atoms with E-state index in [0.717, 1.165) is 30.2 Å². The molecular formula is C27H28F3N3. The Kier molecular flexibility index (Phi) is 7.20. The fourth-order valence-corrected chi connectivity index (χ4v) is 4.74. The van der Waals surface area contributed by atoms with Crippen molar-refractivity contribution in [2.75, 3.05) is 0 Å². The van der Waals surface area contributed by atoms with Crippen LogP contribution < -0.4 is 0 Å². The minimum Gasteiger partial charge on any atom is -0.346 e. The van der Waals surface area contributed by atoms with Crippen LogP contribution in [-0.4, -0.2) is 15.5 Å². The molecule has 0 N–H and O–H groups in total. The Bertz CT molecular complexity index is 1100. The monoisotopic (exact) mass is 451 g/mol. The molecule has 0 unspecified atom stereocenters. The second-order valence-corrected chi connectivity index (χ2v) is 8.79. The van der Waals surface area contributed by atoms with Crippen molar-refractivity contribution in [1.29, 1.82) is 5.26 Å². The summed E-state index contributed by atoms with van der Waals surface area (Å²) in [5, 5.41) is 9.53. The van der Waals surface area contributed by atoms with Gasteiger partial charge in [-0.15, -0.1) is 0 Å². The maximum Gasteiger partial charge on any atom is 0.416 e. The minimum atomic E-state index is -4.35. The molecule has 3 nitrogen and oxygen atoms in total. The van der Waals surface area contributed by atoms with Crippen LogP contribution in [-0.2, 0) is 25.8 Å². The first kappa shape index (κ1) is 23.1. The van der Waals surface area contributed by atoms with Gasteiger partial charge in [0.15, 0.2) is 0 Å². The molecule has 1 saturated carbocycles. The molecule has 1 aromatic heterocycles. The number of hydrogen-bond acceptors (Lipinski definition) is 2. The van der Waals surface area contributed by atoms with Crippen molar-refractivity contribution in [3.05, 3.63) is 94.8 Å². The average molecular weight is 452 g/mol. The van der Waals surface area contributed by atoms with Gasteiger partial charge in [-0.05, 0) is 54.3 Å². The van der Waals surface area contributed by atoms with Crippen molar-refractivity contribution in [1.82, 2.24) is 9.47 Å². The summed E-state index contributed by atoms with van der Waals surface area (Å²) in [5.74, 6) is 0. The van der Waals surface area contributed by atoms with Crippen LogP contribution in [0.4, 0.5) is 13.2 Å². The summed E-state index contributed by atoms with van der Waals surface area (Å²) in [7, 11) is 0. The summed E-state index contributed by atoms with van der Waals surface area (Å²) in [5.41, 5.74) is 2.78. The Balaban J connectivity index is 1.56. The Hall–Kier alpha value is -3.04. The highest BCUT2D eigenvalue weighted by atomic mass is 19.4. The number of alkyl halides is 3. The van der Waals surface area contributed by atoms with Gasteiger partial charge in [-0.1, -0.05) is 49.6 Å². The van der Waals surface area contributed by atoms with Crippen molar-refractivity contribution < 1.29 is 13.2 Å². The summed E-state index contributed by atoms with van der Waals surface area (Å²) < 4.78 is 41.4. The predicted octanol–water partition coefficient (Wildman–Crippen LogP) is 6.76. The number of nitriles is 1. The lowest BCUT2D eigenvalue weighted by Gasteiger charge is -2.35. The minimum absolute atomic E-state index is 0.388. The first-order chi connectivity index (χ1) is 15.9. The van der Waals surface area contributed by atoms with Gasteiger partial charge in [0, 0.05) is 37.6 Å². The summed E-state index contributed by atoms with van der Waals surface area (Å²) in [6.07, 6.45) is 3.50. The van der Waals surface area contributed by atoms with E-state index in [-0.39, 0.29) is 0 Å². The van der Waals surface area contributed by atoms with Crippen molar-refractivity contribution in [3.63, 3.8) is 0 Å². The van der Waals surface area contributed by atoms with Crippen molar-refractivity contribution in [3.8, 4) is 6.07 Å². The fraction of sp³-hybridized carbons (Fsp3) is 0.370. The van der Waals surface area contributed by atoms with E-state index in [9.17, 15) is 18.4 Å². The van der Waals surface area contributed by atoms with E-state index < -0.39 is 11.7 Å². The average Bonchev–Trinajstić information content (AvgIpc) is 3.25. The zero-order valence-electron chi connectivity index (χ0n) is 18.6. The van der Waals surface area contributed by atoms with E-state index in [1.54, 1.807) is 6.07 Å². The van der Waals surface area contributed by atoms with Gasteiger partial charge in [0.2, 0.25) is 0 Å². The van der Waals surface area contributed by atoms with Crippen molar-refractivity contribution >= 4 is 0 Å². The molecule has 1 aliphatic rings. The van der Waals surface area contributed by atoms with Crippen LogP contribution in [0, 0.1) is 11.3 Å². The highest BCUT2D eigenvalue weighted by Crippen LogP contribution is 2.30. The number of benzene rings is 2. The van der Waals surface area contributed by atoms with E-state index in [1.165, 1.54) is 31.4 Å². The molecule has 4 rings (SSSR count). The smallest absolute Gasteiger partial charge is 0.346 e. The summed E-state index contributed by atoms with van der Waals surface area (Å²) >= 11 is 0. The van der Waals surface area contributed by atoms with Crippen LogP contribution >= 0.6 is 0 Å². The zero-order valence-corrected chi connectivity index (χ0v) is 18.6. The van der Waals surface area contributed by atoms with E-state index in [1.807, 2.05) is 47.2 Å². The van der Waals surface area contributed by atoms with Gasteiger partial charge >= 0.3 is 6.18 Å². The Morgan fingerprint density at radius 2 is 1.73 bits per heavy atom. The van der Waals surface area contributed by atoms with E-state index in [4.69, 9.17) is 0 Å². The second-order valence-electron chi connectivity index (χ2n) is 8.79. The number of aromatic nitrogens is 1. The topological polar surface area (TPSA) is 32.0 Å². The molecule has 0 spiro atoms. The van der Waals surface area contributed by atoms with Gasteiger partial charge < -0.3 is 4.57 Å². The lowest BCUT2D eigenvalue weighted by atomic mass is 9.93. The third-order valence-corrected chi connectivity index (χ3v) is 6.50. The lowest BCUT2D eigenvalue weighted by molar-refractivity contribution is -0.137. The van der Waals surface area contributed by atoms with Crippen LogP contribution in [0.2, 0.25) is 0 Å². The maximum atomic E-state index is 13.1. The molecule has 0 amide bonds. The van der Waals surface area contributed by atoms with Gasteiger partial charge in [0.25, 0.3) is 0 Å². The largest absolute Gasteiger partial charge is 0.416 e. The van der Waals surface area contributed by atoms with Crippen LogP contribution in [0.15, 0.2) is 66.9 Å². The van der Waals surface area contributed by atoms with Crippen molar-refractivity contribution in [2.24, 2.45) is 0 Å². The number of hydrogen-bond donors (Lipinski definition) is 0. The first-order valence-corrected chi connectivity index (χ1v) is 11.5. The van der Waals surface area contributed by atoms with Crippen LogP contribution in [0.3, 0.4) is 0 Å². The fourth-order valence-electron chi connectivity index (χ4n) is 4.74. The quantitative estimate of drug-likeness (QED) is 0.397. The standard InChI is InChI=1S/C27H28F3N3/c28-27(29,30)24-11-6-8-21(16-24)18-32-15-7-14-26(32)20-33(25-12-2-1-3-13-25)19-23-10-5-4-9-22(23)17-31/h4-11,14-16,25H,1-3,12-13,18-20H2. The molecule has 172 valence electrons. The molecule has 6 heteroatoms. The molecule has 1 fully saturated rings. The Morgan fingerprint density at radius 1 is 0.939 bits per heavy atom. The number of halogens is 3. The first-order valence-electron chi connectivity index (χ1n) is 11.5. The Morgan fingerprint density at radius 3 is 2.48 bits per heavy atom. The van der Waals surface area contributed by atoms with E-state index in [0.29, 0.717) is 36.8 Å². The molecule has 3 aromatic rings. The number of rotatable bonds is 7. The lowest BCUT2D eigenvalue weighted by Crippen LogP contribution is -2.36. The molecule has 1 aliphatic carbocycles. The SMILES string of the molecule is N#Cc1ccccc1CN(Cc1cccn1Cc1cccc(C(F)(F)F)c1)C1CCCCC1. The number of nitrogens with zero attached hydrogens (tertiary/aromatic N) is 3. The summed E-state index contributed by atoms with van der Waals surface area (Å²) in [6.45, 7) is 1.76. The van der Waals surface area contributed by atoms with Gasteiger partial charge in [-0.25, -0.2) is 0 Å². The molecule has 1 heterocycles. The molecule has 0 saturated heterocycles. The third kappa shape index (κ3) is 5.85. The second kappa shape index (κ2) is 10.3. The van der Waals surface area contributed by atoms with Crippen LogP contribution in [0.1, 0.15) is 60.1 Å². The normalized spacial score (nSPS) is 15.0. The summed E-state index contributed by atoms with van der Waals surface area (Å²) in [4.78, 5) is 2.44. The van der Waals surface area contributed by atoms with E-state index >= 15 is 0 Å². The van der Waals surface area contributed by atoms with E-state index in [2.05, 4.69) is 11.0 Å². The summed E-state index contributed by atoms with van der Waals surface area (Å²) in [6, 6.07) is 20.0. The zero-order chi connectivity index (χ0) is 23.3. The van der Waals surface area contributed by atoms with Gasteiger partial charge in [-0.2, -0.15) is 18.4 Å². The molecular weight excluding hydrogens is 423 g/mol. The van der Waals surface area contributed by atoms with Gasteiger partial charge in [0.05, 0.1) is 17.2 Å². The molecule has 0 aliphatic heterocycles. The maximum absolute atomic E-state index is 13.1. The van der Waals surface area contributed by atoms with Crippen molar-refractivity contribution in [2.45, 2.75) is 64.0 Å². The molecule has 33 heavy (non-hydrogen) atoms. The van der Waals surface area contributed by atoms with Gasteiger partial charge in [0.1, 0.15) is 0 Å². The molecule has 0 radical (unpaired) electrons. The van der Waals surface area contributed by atoms with Crippen LogP contribution in [0.25, 0.3) is 0 Å². The highest BCUT2D eigenvalue weighted by molar-refractivity contribution is 5.37.